The van der Waals surface area contributed by atoms with Crippen LogP contribution in [0.25, 0.3) is 0 Å². The first-order valence-electron chi connectivity index (χ1n) is 7.25. The van der Waals surface area contributed by atoms with Crippen molar-refractivity contribution in [3.8, 4) is 0 Å². The number of pyridine rings is 2. The second-order valence-corrected chi connectivity index (χ2v) is 5.26. The van der Waals surface area contributed by atoms with E-state index in [9.17, 15) is 9.59 Å². The third-order valence-corrected chi connectivity index (χ3v) is 3.35. The summed E-state index contributed by atoms with van der Waals surface area (Å²) in [4.78, 5) is 29.3. The molecule has 2 rings (SSSR count). The van der Waals surface area contributed by atoms with Gasteiger partial charge in [0.15, 0.2) is 6.29 Å². The van der Waals surface area contributed by atoms with E-state index in [1.54, 1.807) is 33.2 Å². The Kier molecular flexibility index (Phi) is 13.7. The molecule has 0 radical (unpaired) electrons. The van der Waals surface area contributed by atoms with Crippen molar-refractivity contribution in [3.05, 3.63) is 46.0 Å². The highest BCUT2D eigenvalue weighted by atomic mass is 35.5. The fourth-order valence-electron chi connectivity index (χ4n) is 1.76. The van der Waals surface area contributed by atoms with E-state index in [1.807, 2.05) is 0 Å². The molecule has 7 nitrogen and oxygen atoms in total. The van der Waals surface area contributed by atoms with Crippen LogP contribution >= 0.6 is 23.2 Å². The Hall–Kier alpha value is -2.38. The highest BCUT2D eigenvalue weighted by molar-refractivity contribution is 6.30. The number of carbonyl (C=O) groups is 2. The summed E-state index contributed by atoms with van der Waals surface area (Å²) >= 11 is 11.3. The molecule has 150 valence electrons. The first-order valence-corrected chi connectivity index (χ1v) is 8.01. The highest BCUT2D eigenvalue weighted by Gasteiger charge is 2.12. The molecular formula is C18H26Cl2N4O3. The largest absolute Gasteiger partial charge is 0.462 e. The van der Waals surface area contributed by atoms with Crippen LogP contribution in [0.5, 0.6) is 0 Å². The lowest BCUT2D eigenvalue weighted by Gasteiger charge is -2.07. The molecule has 2 aromatic heterocycles. The predicted octanol–water partition coefficient (Wildman–Crippen LogP) is 4.81. The Morgan fingerprint density at radius 1 is 1.07 bits per heavy atom. The lowest BCUT2D eigenvalue weighted by molar-refractivity contribution is 0.0527. The van der Waals surface area contributed by atoms with Crippen LogP contribution < -0.4 is 10.6 Å². The number of aldehydes is 1. The average molecular weight is 417 g/mol. The Morgan fingerprint density at radius 2 is 1.59 bits per heavy atom. The number of halogens is 2. The number of hydrogen-bond donors (Lipinski definition) is 2. The van der Waals surface area contributed by atoms with Crippen molar-refractivity contribution in [2.75, 3.05) is 31.3 Å². The number of nitrogens with zero attached hydrogens (tertiary/aromatic N) is 2. The predicted molar refractivity (Wildman–Crippen MR) is 112 cm³/mol. The molecule has 0 atom stereocenters. The van der Waals surface area contributed by atoms with Gasteiger partial charge >= 0.3 is 5.97 Å². The third-order valence-electron chi connectivity index (χ3n) is 2.93. The smallest absolute Gasteiger partial charge is 0.341 e. The molecule has 0 aliphatic heterocycles. The lowest BCUT2D eigenvalue weighted by atomic mass is 10.2. The number of esters is 1. The first kappa shape index (κ1) is 26.8. The van der Waals surface area contributed by atoms with Gasteiger partial charge in [-0.2, -0.15) is 0 Å². The number of carbonyl (C=O) groups excluding carboxylic acids is 2. The fourth-order valence-corrected chi connectivity index (χ4v) is 2.07. The van der Waals surface area contributed by atoms with Crippen LogP contribution in [0, 0.1) is 0 Å². The number of nitrogens with one attached hydrogen (secondary N) is 2. The lowest BCUT2D eigenvalue weighted by Crippen LogP contribution is -2.08. The number of rotatable bonds is 5. The summed E-state index contributed by atoms with van der Waals surface area (Å²) in [6.07, 6.45) is 3.56. The SMILES string of the molecule is C.C.CCOC(=O)c1cnc(Cl)cc1NC.CNc1cc(Cl)ncc1C=O. The number of anilines is 2. The molecule has 0 fully saturated rings. The van der Waals surface area contributed by atoms with Gasteiger partial charge in [-0.05, 0) is 19.1 Å². The fraction of sp³-hybridized carbons (Fsp3) is 0.333. The van der Waals surface area contributed by atoms with Crippen LogP contribution in [0.2, 0.25) is 10.3 Å². The Labute approximate surface area is 170 Å². The molecule has 0 bridgehead atoms. The van der Waals surface area contributed by atoms with Crippen LogP contribution in [-0.2, 0) is 4.74 Å². The summed E-state index contributed by atoms with van der Waals surface area (Å²) in [6, 6.07) is 3.18. The monoisotopic (exact) mass is 416 g/mol. The normalized spacial score (nSPS) is 8.78. The second kappa shape index (κ2) is 13.8. The van der Waals surface area contributed by atoms with Crippen LogP contribution in [0.15, 0.2) is 24.5 Å². The van der Waals surface area contributed by atoms with E-state index >= 15 is 0 Å². The maximum atomic E-state index is 11.4. The zero-order valence-electron chi connectivity index (χ0n) is 14.0. The molecular weight excluding hydrogens is 391 g/mol. The Morgan fingerprint density at radius 3 is 2.07 bits per heavy atom. The van der Waals surface area contributed by atoms with Gasteiger partial charge in [0, 0.05) is 32.2 Å². The van der Waals surface area contributed by atoms with Crippen molar-refractivity contribution in [1.29, 1.82) is 0 Å². The number of hydrogen-bond acceptors (Lipinski definition) is 7. The molecule has 0 saturated heterocycles. The minimum Gasteiger partial charge on any atom is -0.462 e. The molecule has 0 saturated carbocycles. The van der Waals surface area contributed by atoms with Crippen molar-refractivity contribution < 1.29 is 14.3 Å². The molecule has 0 spiro atoms. The van der Waals surface area contributed by atoms with Gasteiger partial charge in [0.2, 0.25) is 0 Å². The molecule has 2 N–H and O–H groups in total. The van der Waals surface area contributed by atoms with E-state index in [-0.39, 0.29) is 14.9 Å². The second-order valence-electron chi connectivity index (χ2n) is 4.49. The van der Waals surface area contributed by atoms with Crippen molar-refractivity contribution in [3.63, 3.8) is 0 Å². The quantitative estimate of drug-likeness (QED) is 0.409. The van der Waals surface area contributed by atoms with E-state index < -0.39 is 5.97 Å². The van der Waals surface area contributed by atoms with E-state index in [0.717, 1.165) is 6.29 Å². The van der Waals surface area contributed by atoms with Crippen LogP contribution in [0.1, 0.15) is 42.5 Å². The first-order chi connectivity index (χ1) is 12.0. The molecule has 0 unspecified atom stereocenters. The molecule has 0 aliphatic rings. The molecule has 2 aromatic rings. The van der Waals surface area contributed by atoms with Crippen molar-refractivity contribution >= 4 is 46.8 Å². The van der Waals surface area contributed by atoms with Gasteiger partial charge in [-0.15, -0.1) is 0 Å². The summed E-state index contributed by atoms with van der Waals surface area (Å²) in [5.41, 5.74) is 2.21. The third kappa shape index (κ3) is 8.23. The van der Waals surface area contributed by atoms with E-state index in [0.29, 0.717) is 39.4 Å². The number of aromatic nitrogens is 2. The molecule has 0 aliphatic carbocycles. The van der Waals surface area contributed by atoms with Crippen molar-refractivity contribution in [2.24, 2.45) is 0 Å². The van der Waals surface area contributed by atoms with Gasteiger partial charge in [-0.25, -0.2) is 14.8 Å². The maximum Gasteiger partial charge on any atom is 0.341 e. The Bertz CT molecular complexity index is 743. The Balaban J connectivity index is 0. The summed E-state index contributed by atoms with van der Waals surface area (Å²) in [5, 5.41) is 6.39. The number of ether oxygens (including phenoxy) is 1. The molecule has 2 heterocycles. The molecule has 0 amide bonds. The van der Waals surface area contributed by atoms with Crippen LogP contribution in [-0.4, -0.2) is 42.9 Å². The molecule has 9 heteroatoms. The standard InChI is InChI=1S/C9H11ClN2O2.C7H7ClN2O.2CH4/c1-3-14-9(13)6-5-12-8(10)4-7(6)11-2;1-9-6-2-7(8)10-3-5(6)4-11;;/h4-5H,3H2,1-2H3,(H,11,12);2-4H,1H3,(H,9,10);2*1H4. The minimum absolute atomic E-state index is 0. The van der Waals surface area contributed by atoms with Gasteiger partial charge in [0.05, 0.1) is 17.9 Å². The zero-order valence-corrected chi connectivity index (χ0v) is 15.5. The van der Waals surface area contributed by atoms with Gasteiger partial charge in [0.1, 0.15) is 15.9 Å². The van der Waals surface area contributed by atoms with Gasteiger partial charge < -0.3 is 15.4 Å². The topological polar surface area (TPSA) is 93.2 Å². The zero-order chi connectivity index (χ0) is 18.8. The average Bonchev–Trinajstić information content (AvgIpc) is 2.62. The highest BCUT2D eigenvalue weighted by Crippen LogP contribution is 2.19. The van der Waals surface area contributed by atoms with Crippen molar-refractivity contribution in [1.82, 2.24) is 9.97 Å². The van der Waals surface area contributed by atoms with Crippen LogP contribution in [0.3, 0.4) is 0 Å². The van der Waals surface area contributed by atoms with Crippen molar-refractivity contribution in [2.45, 2.75) is 21.8 Å². The molecule has 27 heavy (non-hydrogen) atoms. The molecule has 0 aromatic carbocycles. The summed E-state index contributed by atoms with van der Waals surface area (Å²) in [6.45, 7) is 2.09. The van der Waals surface area contributed by atoms with E-state index in [4.69, 9.17) is 27.9 Å². The van der Waals surface area contributed by atoms with E-state index in [2.05, 4.69) is 20.6 Å². The summed E-state index contributed by atoms with van der Waals surface area (Å²) in [5.74, 6) is -0.402. The minimum atomic E-state index is -0.402. The maximum absolute atomic E-state index is 11.4. The van der Waals surface area contributed by atoms with Gasteiger partial charge in [-0.3, -0.25) is 4.79 Å². The summed E-state index contributed by atoms with van der Waals surface area (Å²) < 4.78 is 4.85. The summed E-state index contributed by atoms with van der Waals surface area (Å²) in [7, 11) is 3.42. The van der Waals surface area contributed by atoms with Gasteiger partial charge in [-0.1, -0.05) is 38.1 Å². The van der Waals surface area contributed by atoms with Gasteiger partial charge in [0.25, 0.3) is 0 Å². The van der Waals surface area contributed by atoms with E-state index in [1.165, 1.54) is 12.4 Å². The van der Waals surface area contributed by atoms with Crippen LogP contribution in [0.4, 0.5) is 11.4 Å².